The minimum Gasteiger partial charge on any atom is -0.497 e. The Balaban J connectivity index is 1.47. The number of methoxy groups -OCH3 is 1. The topological polar surface area (TPSA) is 69.0 Å². The number of nitrogens with one attached hydrogen (secondary N) is 1. The number of thiazole rings is 1. The molecule has 0 spiro atoms. The molecule has 0 radical (unpaired) electrons. The normalized spacial score (nSPS) is 10.7. The third-order valence-electron chi connectivity index (χ3n) is 3.71. The van der Waals surface area contributed by atoms with Crippen LogP contribution in [0.1, 0.15) is 10.5 Å². The summed E-state index contributed by atoms with van der Waals surface area (Å²) in [5.41, 5.74) is 1.93. The molecule has 0 aliphatic rings. The molecule has 0 aliphatic carbocycles. The van der Waals surface area contributed by atoms with E-state index in [9.17, 15) is 4.79 Å². The molecule has 3 aromatic heterocycles. The highest BCUT2D eigenvalue weighted by molar-refractivity contribution is 7.20. The van der Waals surface area contributed by atoms with Gasteiger partial charge in [-0.3, -0.25) is 10.1 Å². The summed E-state index contributed by atoms with van der Waals surface area (Å²) in [6.45, 7) is 0. The van der Waals surface area contributed by atoms with E-state index in [0.717, 1.165) is 22.0 Å². The van der Waals surface area contributed by atoms with Gasteiger partial charge in [-0.25, -0.2) is 9.67 Å². The number of carbonyl (C=O) groups excluding carboxylic acids is 1. The Morgan fingerprint density at radius 1 is 1.19 bits per heavy atom. The first-order chi connectivity index (χ1) is 13.1. The van der Waals surface area contributed by atoms with Crippen LogP contribution in [0.2, 0.25) is 4.34 Å². The molecule has 0 unspecified atom stereocenters. The second kappa shape index (κ2) is 7.51. The predicted octanol–water partition coefficient (Wildman–Crippen LogP) is 4.97. The minimum atomic E-state index is -0.313. The smallest absolute Gasteiger partial charge is 0.277 e. The van der Waals surface area contributed by atoms with Crippen LogP contribution >= 0.6 is 34.3 Å². The number of rotatable bonds is 5. The Morgan fingerprint density at radius 3 is 2.70 bits per heavy atom. The lowest BCUT2D eigenvalue weighted by Gasteiger charge is -2.03. The summed E-state index contributed by atoms with van der Waals surface area (Å²) >= 11 is 8.76. The van der Waals surface area contributed by atoms with Crippen molar-refractivity contribution in [2.45, 2.75) is 0 Å². The molecule has 0 fully saturated rings. The van der Waals surface area contributed by atoms with Gasteiger partial charge in [0.15, 0.2) is 10.8 Å². The van der Waals surface area contributed by atoms with E-state index >= 15 is 0 Å². The molecular weight excluding hydrogens is 404 g/mol. The molecule has 6 nitrogen and oxygen atoms in total. The summed E-state index contributed by atoms with van der Waals surface area (Å²) in [5, 5.41) is 9.50. The van der Waals surface area contributed by atoms with E-state index in [4.69, 9.17) is 16.3 Å². The Morgan fingerprint density at radius 2 is 2.00 bits per heavy atom. The Kier molecular flexibility index (Phi) is 4.93. The van der Waals surface area contributed by atoms with Gasteiger partial charge in [0, 0.05) is 11.6 Å². The third-order valence-corrected chi connectivity index (χ3v) is 5.72. The molecule has 9 heteroatoms. The van der Waals surface area contributed by atoms with Crippen molar-refractivity contribution in [3.05, 3.63) is 64.1 Å². The number of carbonyl (C=O) groups is 1. The van der Waals surface area contributed by atoms with E-state index < -0.39 is 0 Å². The zero-order chi connectivity index (χ0) is 18.8. The van der Waals surface area contributed by atoms with Crippen LogP contribution in [0.3, 0.4) is 0 Å². The second-order valence-corrected chi connectivity index (χ2v) is 8.01. The van der Waals surface area contributed by atoms with Crippen LogP contribution in [0, 0.1) is 0 Å². The number of halogens is 1. The fraction of sp³-hybridized carbons (Fsp3) is 0.0556. The van der Waals surface area contributed by atoms with Gasteiger partial charge in [0.05, 0.1) is 27.7 Å². The van der Waals surface area contributed by atoms with Crippen LogP contribution in [0.5, 0.6) is 5.75 Å². The van der Waals surface area contributed by atoms with Crippen molar-refractivity contribution in [3.8, 4) is 22.0 Å². The number of thiophene rings is 1. The van der Waals surface area contributed by atoms with Gasteiger partial charge in [-0.1, -0.05) is 11.6 Å². The average molecular weight is 417 g/mol. The van der Waals surface area contributed by atoms with Crippen molar-refractivity contribution >= 4 is 45.3 Å². The lowest BCUT2D eigenvalue weighted by atomic mass is 10.3. The van der Waals surface area contributed by atoms with Gasteiger partial charge in [0.2, 0.25) is 0 Å². The molecule has 0 atom stereocenters. The number of hydrogen-bond acceptors (Lipinski definition) is 6. The first-order valence-electron chi connectivity index (χ1n) is 7.85. The van der Waals surface area contributed by atoms with Crippen LogP contribution in [-0.4, -0.2) is 27.8 Å². The summed E-state index contributed by atoms with van der Waals surface area (Å²) in [6, 6.07) is 12.8. The van der Waals surface area contributed by atoms with Crippen molar-refractivity contribution < 1.29 is 9.53 Å². The maximum Gasteiger partial charge on any atom is 0.277 e. The van der Waals surface area contributed by atoms with Gasteiger partial charge >= 0.3 is 0 Å². The number of ether oxygens (including phenoxy) is 1. The van der Waals surface area contributed by atoms with E-state index in [1.807, 2.05) is 41.8 Å². The van der Waals surface area contributed by atoms with Crippen LogP contribution < -0.4 is 10.1 Å². The number of hydrogen-bond donors (Lipinski definition) is 1. The Labute approximate surface area is 168 Å². The molecule has 4 rings (SSSR count). The third kappa shape index (κ3) is 3.87. The van der Waals surface area contributed by atoms with Gasteiger partial charge in [-0.2, -0.15) is 5.10 Å². The number of benzene rings is 1. The largest absolute Gasteiger partial charge is 0.497 e. The summed E-state index contributed by atoms with van der Waals surface area (Å²) in [7, 11) is 1.61. The SMILES string of the molecule is COc1ccc(-n2ccc(C(=O)Nc3nc(-c4ccc(Cl)s4)cs3)n2)cc1. The molecule has 1 amide bonds. The van der Waals surface area contributed by atoms with E-state index in [1.165, 1.54) is 22.7 Å². The molecule has 27 heavy (non-hydrogen) atoms. The summed E-state index contributed by atoms with van der Waals surface area (Å²) < 4.78 is 7.48. The molecule has 4 aromatic rings. The highest BCUT2D eigenvalue weighted by Crippen LogP contribution is 2.32. The van der Waals surface area contributed by atoms with Crippen LogP contribution in [-0.2, 0) is 0 Å². The van der Waals surface area contributed by atoms with Crippen molar-refractivity contribution in [2.24, 2.45) is 0 Å². The average Bonchev–Trinajstić information content (AvgIpc) is 3.42. The number of anilines is 1. The maximum atomic E-state index is 12.5. The quantitative estimate of drug-likeness (QED) is 0.498. The van der Waals surface area contributed by atoms with Gasteiger partial charge in [-0.15, -0.1) is 22.7 Å². The standard InChI is InChI=1S/C18H13ClN4O2S2/c1-25-12-4-2-11(3-5-12)23-9-8-13(22-23)17(24)21-18-20-14(10-26-18)15-6-7-16(19)27-15/h2-10H,1H3,(H,20,21,24). The predicted molar refractivity (Wildman–Crippen MR) is 109 cm³/mol. The van der Waals surface area contributed by atoms with Gasteiger partial charge < -0.3 is 4.74 Å². The summed E-state index contributed by atoms with van der Waals surface area (Å²) in [6.07, 6.45) is 1.73. The van der Waals surface area contributed by atoms with E-state index in [2.05, 4.69) is 15.4 Å². The number of amides is 1. The van der Waals surface area contributed by atoms with Gasteiger partial charge in [0.1, 0.15) is 5.75 Å². The Bertz CT molecular complexity index is 1080. The van der Waals surface area contributed by atoms with Crippen molar-refractivity contribution in [1.29, 1.82) is 0 Å². The van der Waals surface area contributed by atoms with Crippen LogP contribution in [0.25, 0.3) is 16.3 Å². The monoisotopic (exact) mass is 416 g/mol. The fourth-order valence-electron chi connectivity index (χ4n) is 2.38. The van der Waals surface area contributed by atoms with Crippen LogP contribution in [0.4, 0.5) is 5.13 Å². The summed E-state index contributed by atoms with van der Waals surface area (Å²) in [5.74, 6) is 0.447. The van der Waals surface area contributed by atoms with E-state index in [0.29, 0.717) is 15.2 Å². The first kappa shape index (κ1) is 17.7. The van der Waals surface area contributed by atoms with Crippen molar-refractivity contribution in [3.63, 3.8) is 0 Å². The lowest BCUT2D eigenvalue weighted by molar-refractivity contribution is 0.102. The number of nitrogens with zero attached hydrogens (tertiary/aromatic N) is 3. The number of aromatic nitrogens is 3. The highest BCUT2D eigenvalue weighted by Gasteiger charge is 2.14. The molecule has 1 N–H and O–H groups in total. The molecule has 1 aromatic carbocycles. The fourth-order valence-corrected chi connectivity index (χ4v) is 4.17. The zero-order valence-corrected chi connectivity index (χ0v) is 16.4. The molecule has 0 saturated carbocycles. The first-order valence-corrected chi connectivity index (χ1v) is 9.92. The second-order valence-electron chi connectivity index (χ2n) is 5.44. The minimum absolute atomic E-state index is 0.307. The lowest BCUT2D eigenvalue weighted by Crippen LogP contribution is -2.13. The van der Waals surface area contributed by atoms with E-state index in [1.54, 1.807) is 24.1 Å². The molecule has 0 bridgehead atoms. The molecule has 136 valence electrons. The molecule has 3 heterocycles. The zero-order valence-electron chi connectivity index (χ0n) is 14.0. The van der Waals surface area contributed by atoms with E-state index in [-0.39, 0.29) is 5.91 Å². The molecule has 0 saturated heterocycles. The van der Waals surface area contributed by atoms with Crippen molar-refractivity contribution in [2.75, 3.05) is 12.4 Å². The summed E-state index contributed by atoms with van der Waals surface area (Å²) in [4.78, 5) is 17.8. The molecule has 0 aliphatic heterocycles. The van der Waals surface area contributed by atoms with Gasteiger partial charge in [-0.05, 0) is 42.5 Å². The Hall–Kier alpha value is -2.68. The molecular formula is C18H13ClN4O2S2. The maximum absolute atomic E-state index is 12.5. The van der Waals surface area contributed by atoms with Crippen molar-refractivity contribution in [1.82, 2.24) is 14.8 Å². The highest BCUT2D eigenvalue weighted by atomic mass is 35.5. The van der Waals surface area contributed by atoms with Crippen LogP contribution in [0.15, 0.2) is 54.0 Å². The van der Waals surface area contributed by atoms with Gasteiger partial charge in [0.25, 0.3) is 5.91 Å².